The molecule has 0 amide bonds. The van der Waals surface area contributed by atoms with Crippen LogP contribution >= 0.6 is 0 Å². The van der Waals surface area contributed by atoms with E-state index >= 15 is 0 Å². The minimum Gasteiger partial charge on any atom is -0.495 e. The molecule has 0 bridgehead atoms. The Balaban J connectivity index is 2.31. The van der Waals surface area contributed by atoms with Gasteiger partial charge in [-0.2, -0.15) is 0 Å². The molecule has 0 spiro atoms. The second kappa shape index (κ2) is 6.90. The van der Waals surface area contributed by atoms with Crippen LogP contribution in [0.4, 0.5) is 0 Å². The predicted octanol–water partition coefficient (Wildman–Crippen LogP) is 3.18. The number of hydrogen-bond acceptors (Lipinski definition) is 3. The molecule has 1 aromatic heterocycles. The number of nitrogens with one attached hydrogen (secondary N) is 1. The standard InChI is InChI=1S/C16H20N2O/c1-3-9-18-16(13-7-5-4-6-8-13)14-10-15(19-2)12-17-11-14/h4-8,10-12,16,18H,3,9H2,1-2H3. The Bertz CT molecular complexity index is 499. The van der Waals surface area contributed by atoms with Crippen molar-refractivity contribution < 1.29 is 4.74 Å². The van der Waals surface area contributed by atoms with Crippen LogP contribution in [-0.2, 0) is 0 Å². The lowest BCUT2D eigenvalue weighted by molar-refractivity contribution is 0.411. The number of aromatic nitrogens is 1. The number of pyridine rings is 1. The third-order valence-corrected chi connectivity index (χ3v) is 3.03. The number of hydrogen-bond donors (Lipinski definition) is 1. The fourth-order valence-corrected chi connectivity index (χ4v) is 2.07. The third kappa shape index (κ3) is 3.55. The lowest BCUT2D eigenvalue weighted by Crippen LogP contribution is -2.23. The molecule has 0 saturated heterocycles. The van der Waals surface area contributed by atoms with Gasteiger partial charge in [-0.1, -0.05) is 37.3 Å². The topological polar surface area (TPSA) is 34.2 Å². The molecule has 0 aliphatic rings. The van der Waals surface area contributed by atoms with Crippen LogP contribution in [0.5, 0.6) is 5.75 Å². The molecule has 1 heterocycles. The summed E-state index contributed by atoms with van der Waals surface area (Å²) < 4.78 is 5.26. The molecule has 19 heavy (non-hydrogen) atoms. The van der Waals surface area contributed by atoms with Crippen LogP contribution in [0.15, 0.2) is 48.8 Å². The smallest absolute Gasteiger partial charge is 0.137 e. The monoisotopic (exact) mass is 256 g/mol. The zero-order chi connectivity index (χ0) is 13.5. The van der Waals surface area contributed by atoms with Crippen molar-refractivity contribution in [1.82, 2.24) is 10.3 Å². The molecule has 2 rings (SSSR count). The van der Waals surface area contributed by atoms with Gasteiger partial charge in [-0.15, -0.1) is 0 Å². The molecular formula is C16H20N2O. The van der Waals surface area contributed by atoms with Crippen LogP contribution in [0.25, 0.3) is 0 Å². The largest absolute Gasteiger partial charge is 0.495 e. The lowest BCUT2D eigenvalue weighted by atomic mass is 10.00. The van der Waals surface area contributed by atoms with Crippen molar-refractivity contribution in [3.63, 3.8) is 0 Å². The zero-order valence-corrected chi connectivity index (χ0v) is 11.5. The third-order valence-electron chi connectivity index (χ3n) is 3.03. The molecule has 0 saturated carbocycles. The molecule has 0 radical (unpaired) electrons. The van der Waals surface area contributed by atoms with Gasteiger partial charge in [0.05, 0.1) is 19.3 Å². The van der Waals surface area contributed by atoms with Crippen LogP contribution in [0, 0.1) is 0 Å². The minimum atomic E-state index is 0.156. The maximum atomic E-state index is 5.26. The maximum Gasteiger partial charge on any atom is 0.137 e. The Labute approximate surface area is 114 Å². The number of nitrogens with zero attached hydrogens (tertiary/aromatic N) is 1. The lowest BCUT2D eigenvalue weighted by Gasteiger charge is -2.19. The number of benzene rings is 1. The van der Waals surface area contributed by atoms with E-state index in [1.807, 2.05) is 18.3 Å². The van der Waals surface area contributed by atoms with Crippen LogP contribution in [0.3, 0.4) is 0 Å². The van der Waals surface area contributed by atoms with Gasteiger partial charge in [-0.25, -0.2) is 0 Å². The van der Waals surface area contributed by atoms with Crippen molar-refractivity contribution in [1.29, 1.82) is 0 Å². The highest BCUT2D eigenvalue weighted by Gasteiger charge is 2.13. The summed E-state index contributed by atoms with van der Waals surface area (Å²) in [7, 11) is 1.66. The molecular weight excluding hydrogens is 236 g/mol. The van der Waals surface area contributed by atoms with E-state index in [2.05, 4.69) is 41.5 Å². The molecule has 100 valence electrons. The molecule has 1 aromatic carbocycles. The normalized spacial score (nSPS) is 12.1. The molecule has 0 aliphatic heterocycles. The first-order valence-corrected chi connectivity index (χ1v) is 6.62. The molecule has 0 aliphatic carbocycles. The molecule has 2 aromatic rings. The van der Waals surface area contributed by atoms with Crippen molar-refractivity contribution in [2.75, 3.05) is 13.7 Å². The average Bonchev–Trinajstić information content (AvgIpc) is 2.49. The van der Waals surface area contributed by atoms with Crippen molar-refractivity contribution >= 4 is 0 Å². The quantitative estimate of drug-likeness (QED) is 0.862. The second-order valence-corrected chi connectivity index (χ2v) is 4.46. The predicted molar refractivity (Wildman–Crippen MR) is 77.4 cm³/mol. The summed E-state index contributed by atoms with van der Waals surface area (Å²) in [6.07, 6.45) is 4.72. The van der Waals surface area contributed by atoms with E-state index in [4.69, 9.17) is 4.74 Å². The highest BCUT2D eigenvalue weighted by Crippen LogP contribution is 2.24. The van der Waals surface area contributed by atoms with E-state index in [1.165, 1.54) is 5.56 Å². The summed E-state index contributed by atoms with van der Waals surface area (Å²) in [4.78, 5) is 4.24. The molecule has 3 nitrogen and oxygen atoms in total. The summed E-state index contributed by atoms with van der Waals surface area (Å²) in [5.74, 6) is 0.789. The minimum absolute atomic E-state index is 0.156. The fraction of sp³-hybridized carbons (Fsp3) is 0.312. The Hall–Kier alpha value is -1.87. The number of ether oxygens (including phenoxy) is 1. The van der Waals surface area contributed by atoms with Gasteiger partial charge in [0.1, 0.15) is 5.75 Å². The van der Waals surface area contributed by atoms with E-state index in [1.54, 1.807) is 13.3 Å². The summed E-state index contributed by atoms with van der Waals surface area (Å²) >= 11 is 0. The highest BCUT2D eigenvalue weighted by molar-refractivity contribution is 5.33. The van der Waals surface area contributed by atoms with Crippen LogP contribution < -0.4 is 10.1 Å². The van der Waals surface area contributed by atoms with Gasteiger partial charge in [-0.3, -0.25) is 4.98 Å². The Morgan fingerprint density at radius 1 is 1.16 bits per heavy atom. The summed E-state index contributed by atoms with van der Waals surface area (Å²) in [6.45, 7) is 3.13. The summed E-state index contributed by atoms with van der Waals surface area (Å²) in [5, 5.41) is 3.56. The van der Waals surface area contributed by atoms with E-state index in [9.17, 15) is 0 Å². The molecule has 0 fully saturated rings. The SMILES string of the molecule is CCCNC(c1ccccc1)c1cncc(OC)c1. The molecule has 3 heteroatoms. The van der Waals surface area contributed by atoms with Gasteiger partial charge in [-0.05, 0) is 30.2 Å². The van der Waals surface area contributed by atoms with Gasteiger partial charge in [0.15, 0.2) is 0 Å². The van der Waals surface area contributed by atoms with Crippen molar-refractivity contribution in [3.05, 3.63) is 59.9 Å². The van der Waals surface area contributed by atoms with E-state index < -0.39 is 0 Å². The van der Waals surface area contributed by atoms with Crippen molar-refractivity contribution in [3.8, 4) is 5.75 Å². The van der Waals surface area contributed by atoms with Gasteiger partial charge in [0, 0.05) is 6.20 Å². The van der Waals surface area contributed by atoms with Crippen LogP contribution in [0.1, 0.15) is 30.5 Å². The van der Waals surface area contributed by atoms with Gasteiger partial charge in [0.25, 0.3) is 0 Å². The van der Waals surface area contributed by atoms with Gasteiger partial charge < -0.3 is 10.1 Å². The molecule has 1 N–H and O–H groups in total. The van der Waals surface area contributed by atoms with Crippen molar-refractivity contribution in [2.24, 2.45) is 0 Å². The summed E-state index contributed by atoms with van der Waals surface area (Å²) in [5.41, 5.74) is 2.37. The molecule has 1 atom stereocenters. The maximum absolute atomic E-state index is 5.26. The van der Waals surface area contributed by atoms with Gasteiger partial charge in [0.2, 0.25) is 0 Å². The Kier molecular flexibility index (Phi) is 4.93. The van der Waals surface area contributed by atoms with E-state index in [-0.39, 0.29) is 6.04 Å². The van der Waals surface area contributed by atoms with E-state index in [0.29, 0.717) is 0 Å². The Morgan fingerprint density at radius 2 is 1.95 bits per heavy atom. The first-order chi connectivity index (χ1) is 9.35. The second-order valence-electron chi connectivity index (χ2n) is 4.46. The fourth-order valence-electron chi connectivity index (χ4n) is 2.07. The van der Waals surface area contributed by atoms with Crippen molar-refractivity contribution in [2.45, 2.75) is 19.4 Å². The average molecular weight is 256 g/mol. The first kappa shape index (κ1) is 13.6. The Morgan fingerprint density at radius 3 is 2.63 bits per heavy atom. The highest BCUT2D eigenvalue weighted by atomic mass is 16.5. The summed E-state index contributed by atoms with van der Waals surface area (Å²) in [6, 6.07) is 12.6. The number of methoxy groups -OCH3 is 1. The van der Waals surface area contributed by atoms with Gasteiger partial charge >= 0.3 is 0 Å². The molecule has 1 unspecified atom stereocenters. The number of rotatable bonds is 6. The first-order valence-electron chi connectivity index (χ1n) is 6.62. The zero-order valence-electron chi connectivity index (χ0n) is 11.5. The van der Waals surface area contributed by atoms with Crippen LogP contribution in [0.2, 0.25) is 0 Å². The van der Waals surface area contributed by atoms with E-state index in [0.717, 1.165) is 24.3 Å². The van der Waals surface area contributed by atoms with Crippen LogP contribution in [-0.4, -0.2) is 18.6 Å².